The molecule has 0 bridgehead atoms. The molecule has 1 fully saturated rings. The monoisotopic (exact) mass is 540 g/mol. The SMILES string of the molecule is O=C(COCC1CCCN(C(=O)OCC2c3ccccc3-c3ccccc32)C1)ON1C(=O)c2ccccc2C1=O. The number of piperidine rings is 1. The lowest BCUT2D eigenvalue weighted by Gasteiger charge is -2.32. The van der Waals surface area contributed by atoms with Crippen molar-refractivity contribution in [2.75, 3.05) is 32.9 Å². The predicted octanol–water partition coefficient (Wildman–Crippen LogP) is 4.42. The molecule has 3 amide bonds. The fraction of sp³-hybridized carbons (Fsp3) is 0.290. The summed E-state index contributed by atoms with van der Waals surface area (Å²) in [6.45, 7) is 1.10. The van der Waals surface area contributed by atoms with E-state index in [4.69, 9.17) is 14.3 Å². The molecule has 204 valence electrons. The first kappa shape index (κ1) is 25.8. The molecule has 9 nitrogen and oxygen atoms in total. The van der Waals surface area contributed by atoms with E-state index in [9.17, 15) is 19.2 Å². The molecule has 1 aliphatic carbocycles. The first-order valence-corrected chi connectivity index (χ1v) is 13.4. The van der Waals surface area contributed by atoms with Gasteiger partial charge in [0.2, 0.25) is 0 Å². The van der Waals surface area contributed by atoms with Gasteiger partial charge < -0.3 is 19.2 Å². The summed E-state index contributed by atoms with van der Waals surface area (Å²) in [4.78, 5) is 56.6. The molecule has 40 heavy (non-hydrogen) atoms. The quantitative estimate of drug-likeness (QED) is 0.409. The molecular formula is C31H28N2O7. The molecule has 3 aliphatic rings. The number of carbonyl (C=O) groups excluding carboxylic acids is 4. The van der Waals surface area contributed by atoms with E-state index in [2.05, 4.69) is 24.3 Å². The zero-order valence-electron chi connectivity index (χ0n) is 21.8. The van der Waals surface area contributed by atoms with Gasteiger partial charge in [-0.1, -0.05) is 65.7 Å². The van der Waals surface area contributed by atoms with Crippen LogP contribution >= 0.6 is 0 Å². The number of likely N-dealkylation sites (tertiary alicyclic amines) is 1. The second-order valence-electron chi connectivity index (χ2n) is 10.2. The van der Waals surface area contributed by atoms with Crippen LogP contribution in [0.2, 0.25) is 0 Å². The summed E-state index contributed by atoms with van der Waals surface area (Å²) >= 11 is 0. The lowest BCUT2D eigenvalue weighted by molar-refractivity contribution is -0.174. The number of ether oxygens (including phenoxy) is 2. The van der Waals surface area contributed by atoms with Crippen LogP contribution in [0.3, 0.4) is 0 Å². The maximum atomic E-state index is 13.0. The van der Waals surface area contributed by atoms with E-state index in [-0.39, 0.29) is 42.3 Å². The number of hydroxylamine groups is 2. The number of hydrogen-bond acceptors (Lipinski definition) is 7. The average Bonchev–Trinajstić information content (AvgIpc) is 3.43. The fourth-order valence-electron chi connectivity index (χ4n) is 5.74. The van der Waals surface area contributed by atoms with E-state index in [0.717, 1.165) is 24.0 Å². The fourth-order valence-corrected chi connectivity index (χ4v) is 5.74. The maximum absolute atomic E-state index is 13.0. The van der Waals surface area contributed by atoms with Gasteiger partial charge >= 0.3 is 12.1 Å². The Bertz CT molecular complexity index is 1410. The third kappa shape index (κ3) is 4.84. The van der Waals surface area contributed by atoms with Crippen LogP contribution in [0.15, 0.2) is 72.8 Å². The summed E-state index contributed by atoms with van der Waals surface area (Å²) in [6.07, 6.45) is 1.26. The summed E-state index contributed by atoms with van der Waals surface area (Å²) in [7, 11) is 0. The van der Waals surface area contributed by atoms with Crippen LogP contribution in [0.5, 0.6) is 0 Å². The van der Waals surface area contributed by atoms with E-state index in [1.54, 1.807) is 17.0 Å². The van der Waals surface area contributed by atoms with Crippen LogP contribution in [-0.2, 0) is 19.1 Å². The summed E-state index contributed by atoms with van der Waals surface area (Å²) < 4.78 is 11.3. The number of nitrogens with zero attached hydrogens (tertiary/aromatic N) is 2. The van der Waals surface area contributed by atoms with Crippen molar-refractivity contribution < 1.29 is 33.5 Å². The topological polar surface area (TPSA) is 102 Å². The average molecular weight is 541 g/mol. The smallest absolute Gasteiger partial charge is 0.409 e. The third-order valence-electron chi connectivity index (χ3n) is 7.64. The zero-order chi connectivity index (χ0) is 27.6. The Morgan fingerprint density at radius 3 is 1.98 bits per heavy atom. The van der Waals surface area contributed by atoms with E-state index in [0.29, 0.717) is 18.2 Å². The first-order chi connectivity index (χ1) is 19.5. The zero-order valence-corrected chi connectivity index (χ0v) is 21.8. The van der Waals surface area contributed by atoms with Crippen LogP contribution in [-0.4, -0.2) is 66.8 Å². The van der Waals surface area contributed by atoms with Crippen molar-refractivity contribution >= 4 is 23.9 Å². The molecule has 3 aromatic carbocycles. The van der Waals surface area contributed by atoms with Gasteiger partial charge in [0, 0.05) is 24.9 Å². The van der Waals surface area contributed by atoms with Crippen molar-refractivity contribution in [2.24, 2.45) is 5.92 Å². The Hall–Kier alpha value is -4.50. The van der Waals surface area contributed by atoms with Crippen molar-refractivity contribution in [1.82, 2.24) is 9.96 Å². The van der Waals surface area contributed by atoms with Gasteiger partial charge in [0.15, 0.2) is 0 Å². The van der Waals surface area contributed by atoms with Crippen LogP contribution in [0.4, 0.5) is 4.79 Å². The summed E-state index contributed by atoms with van der Waals surface area (Å²) in [5, 5.41) is 0.468. The van der Waals surface area contributed by atoms with Gasteiger partial charge in [-0.3, -0.25) is 9.59 Å². The molecule has 0 aromatic heterocycles. The van der Waals surface area contributed by atoms with Crippen molar-refractivity contribution in [3.05, 3.63) is 95.1 Å². The largest absolute Gasteiger partial charge is 0.448 e. The molecule has 2 aliphatic heterocycles. The molecule has 0 N–H and O–H groups in total. The third-order valence-corrected chi connectivity index (χ3v) is 7.64. The van der Waals surface area contributed by atoms with Gasteiger partial charge in [0.05, 0.1) is 17.7 Å². The molecule has 0 spiro atoms. The van der Waals surface area contributed by atoms with Gasteiger partial charge in [-0.2, -0.15) is 0 Å². The Morgan fingerprint density at radius 2 is 1.35 bits per heavy atom. The van der Waals surface area contributed by atoms with E-state index in [1.165, 1.54) is 23.3 Å². The Labute approximate surface area is 231 Å². The van der Waals surface area contributed by atoms with Crippen molar-refractivity contribution in [1.29, 1.82) is 0 Å². The normalized spacial score (nSPS) is 17.9. The van der Waals surface area contributed by atoms with E-state index in [1.807, 2.05) is 24.3 Å². The Morgan fingerprint density at radius 1 is 0.775 bits per heavy atom. The lowest BCUT2D eigenvalue weighted by Crippen LogP contribution is -2.42. The molecule has 1 saturated heterocycles. The highest BCUT2D eigenvalue weighted by Crippen LogP contribution is 2.44. The molecule has 0 radical (unpaired) electrons. The molecule has 0 saturated carbocycles. The second-order valence-corrected chi connectivity index (χ2v) is 10.2. The highest BCUT2D eigenvalue weighted by atomic mass is 16.7. The second kappa shape index (κ2) is 10.9. The number of rotatable bonds is 7. The van der Waals surface area contributed by atoms with Gasteiger partial charge in [0.1, 0.15) is 13.2 Å². The molecular weight excluding hydrogens is 512 g/mol. The number of imide groups is 1. The van der Waals surface area contributed by atoms with Crippen LogP contribution in [0.25, 0.3) is 11.1 Å². The van der Waals surface area contributed by atoms with Crippen molar-refractivity contribution in [3.8, 4) is 11.1 Å². The van der Waals surface area contributed by atoms with Gasteiger partial charge in [0.25, 0.3) is 11.8 Å². The predicted molar refractivity (Wildman–Crippen MR) is 143 cm³/mol. The number of benzene rings is 3. The van der Waals surface area contributed by atoms with Crippen LogP contribution in [0.1, 0.15) is 50.6 Å². The minimum absolute atomic E-state index is 0.00607. The molecule has 3 aromatic rings. The highest BCUT2D eigenvalue weighted by Gasteiger charge is 2.38. The van der Waals surface area contributed by atoms with Crippen molar-refractivity contribution in [3.63, 3.8) is 0 Å². The maximum Gasteiger partial charge on any atom is 0.409 e. The molecule has 1 atom stereocenters. The summed E-state index contributed by atoms with van der Waals surface area (Å²) in [5.74, 6) is -2.20. The van der Waals surface area contributed by atoms with Crippen LogP contribution in [0, 0.1) is 5.92 Å². The van der Waals surface area contributed by atoms with Gasteiger partial charge in [-0.15, -0.1) is 0 Å². The number of fused-ring (bicyclic) bond motifs is 4. The Kier molecular flexibility index (Phi) is 7.04. The number of carbonyl (C=O) groups is 4. The van der Waals surface area contributed by atoms with Gasteiger partial charge in [-0.05, 0) is 47.2 Å². The van der Waals surface area contributed by atoms with E-state index < -0.39 is 24.4 Å². The number of hydrogen-bond donors (Lipinski definition) is 0. The minimum atomic E-state index is -0.848. The van der Waals surface area contributed by atoms with Crippen molar-refractivity contribution in [2.45, 2.75) is 18.8 Å². The number of amides is 3. The molecule has 2 heterocycles. The molecule has 9 heteroatoms. The Balaban J connectivity index is 0.974. The first-order valence-electron chi connectivity index (χ1n) is 13.4. The lowest BCUT2D eigenvalue weighted by atomic mass is 9.98. The molecule has 6 rings (SSSR count). The van der Waals surface area contributed by atoms with E-state index >= 15 is 0 Å². The summed E-state index contributed by atoms with van der Waals surface area (Å²) in [6, 6.07) is 22.7. The molecule has 1 unspecified atom stereocenters. The highest BCUT2D eigenvalue weighted by molar-refractivity contribution is 6.20. The van der Waals surface area contributed by atoms with Crippen LogP contribution < -0.4 is 0 Å². The van der Waals surface area contributed by atoms with Gasteiger partial charge in [-0.25, -0.2) is 9.59 Å². The minimum Gasteiger partial charge on any atom is -0.448 e. The standard InChI is InChI=1S/C31H28N2O7/c34-28(40-33-29(35)25-13-5-6-14-26(25)30(33)36)19-38-17-20-8-7-15-32(16-20)31(37)39-18-27-23-11-3-1-9-21(23)22-10-2-4-12-24(22)27/h1-6,9-14,20,27H,7-8,15-19H2. The summed E-state index contributed by atoms with van der Waals surface area (Å²) in [5.41, 5.74) is 5.06.